The molecule has 62 heavy (non-hydrogen) atoms. The third kappa shape index (κ3) is 35.4. The standard InChI is InChI=1S/C14H31N2OS.C13H29N2OS.C11H25N2OS.C8H19N2OS/c1-6-9-11-16(8-3,10-7-2)12-13-18-14(17)15(4)5;1-6-9-15(8-3,10-7-2)11-12-17-13(16)14(4)5;1-6-13(7-2,8-3)9-10-15-11(14)12(4)5;1-9(2)8(11)12-7-6-10(3,4)5/h6-13H2,1-5H3;6-12H2,1-5H3;6-10H2,1-5H3;6-7H2,1-5H3/q4*+1. The minimum atomic E-state index is 0.142. The highest BCUT2D eigenvalue weighted by atomic mass is 32.2. The number of carbonyl (C=O) groups excluding carboxylic acids is 4. The number of quaternary nitrogens is 4. The molecule has 0 radical (unpaired) electrons. The number of carbonyl (C=O) groups is 4. The highest BCUT2D eigenvalue weighted by molar-refractivity contribution is 8.14. The summed E-state index contributed by atoms with van der Waals surface area (Å²) in [6, 6.07) is 0. The maximum atomic E-state index is 11.6. The summed E-state index contributed by atoms with van der Waals surface area (Å²) in [5.74, 6) is 3.69. The Morgan fingerprint density at radius 2 is 0.581 bits per heavy atom. The van der Waals surface area contributed by atoms with Gasteiger partial charge in [-0.05, 0) is 60.3 Å². The van der Waals surface area contributed by atoms with Gasteiger partial charge >= 0.3 is 0 Å². The lowest BCUT2D eigenvalue weighted by Crippen LogP contribution is -2.50. The van der Waals surface area contributed by atoms with Gasteiger partial charge in [-0.25, -0.2) is 0 Å². The van der Waals surface area contributed by atoms with Crippen LogP contribution >= 0.6 is 47.0 Å². The van der Waals surface area contributed by atoms with Crippen molar-refractivity contribution in [1.82, 2.24) is 19.6 Å². The van der Waals surface area contributed by atoms with Gasteiger partial charge in [-0.2, -0.15) is 0 Å². The van der Waals surface area contributed by atoms with E-state index in [1.165, 1.54) is 127 Å². The predicted molar refractivity (Wildman–Crippen MR) is 282 cm³/mol. The minimum absolute atomic E-state index is 0.142. The molecule has 372 valence electrons. The lowest BCUT2D eigenvalue weighted by Gasteiger charge is -2.37. The number of hydrogen-bond donors (Lipinski definition) is 0. The molecule has 12 nitrogen and oxygen atoms in total. The highest BCUT2D eigenvalue weighted by Crippen LogP contribution is 2.17. The normalized spacial score (nSPS) is 12.3. The molecule has 0 aliphatic rings. The van der Waals surface area contributed by atoms with Crippen molar-refractivity contribution >= 4 is 68.0 Å². The number of nitrogens with zero attached hydrogens (tertiary/aromatic N) is 8. The summed E-state index contributed by atoms with van der Waals surface area (Å²) in [6.45, 7) is 35.4. The molecule has 0 saturated heterocycles. The van der Waals surface area contributed by atoms with Crippen molar-refractivity contribution in [2.45, 2.75) is 94.4 Å². The largest absolute Gasteiger partial charge is 0.340 e. The molecule has 0 heterocycles. The van der Waals surface area contributed by atoms with E-state index < -0.39 is 0 Å². The number of rotatable bonds is 26. The predicted octanol–water partition coefficient (Wildman–Crippen LogP) is 9.89. The van der Waals surface area contributed by atoms with Crippen molar-refractivity contribution in [2.75, 3.05) is 186 Å². The molecule has 4 amide bonds. The van der Waals surface area contributed by atoms with Gasteiger partial charge in [0.05, 0.1) is 129 Å². The van der Waals surface area contributed by atoms with Gasteiger partial charge in [0.1, 0.15) is 0 Å². The maximum absolute atomic E-state index is 11.6. The lowest BCUT2D eigenvalue weighted by atomic mass is 10.2. The quantitative estimate of drug-likeness (QED) is 0.0794. The molecule has 0 N–H and O–H groups in total. The summed E-state index contributed by atoms with van der Waals surface area (Å²) < 4.78 is 4.38. The topological polar surface area (TPSA) is 81.2 Å². The summed E-state index contributed by atoms with van der Waals surface area (Å²) in [5, 5.41) is 0.656. The fourth-order valence-electron chi connectivity index (χ4n) is 6.58. The lowest BCUT2D eigenvalue weighted by molar-refractivity contribution is -0.924. The van der Waals surface area contributed by atoms with Crippen LogP contribution in [-0.2, 0) is 0 Å². The Bertz CT molecular complexity index is 1120. The molecule has 0 aliphatic heterocycles. The average molecular weight is 962 g/mol. The van der Waals surface area contributed by atoms with E-state index in [2.05, 4.69) is 83.5 Å². The van der Waals surface area contributed by atoms with Crippen molar-refractivity contribution in [3.05, 3.63) is 0 Å². The number of hydrogen-bond acceptors (Lipinski definition) is 8. The first-order valence-corrected chi connectivity index (χ1v) is 27.5. The van der Waals surface area contributed by atoms with Gasteiger partial charge in [0.15, 0.2) is 0 Å². The first-order chi connectivity index (χ1) is 28.9. The van der Waals surface area contributed by atoms with Crippen molar-refractivity contribution in [3.63, 3.8) is 0 Å². The Morgan fingerprint density at radius 3 is 0.790 bits per heavy atom. The minimum Gasteiger partial charge on any atom is -0.340 e. The molecule has 1 unspecified atom stereocenters. The van der Waals surface area contributed by atoms with Gasteiger partial charge in [-0.1, -0.05) is 81.2 Å². The Balaban J connectivity index is -0.000000365. The number of unbranched alkanes of at least 4 members (excludes halogenated alkanes) is 1. The summed E-state index contributed by atoms with van der Waals surface area (Å²) in [7, 11) is 20.8. The molecule has 0 bridgehead atoms. The van der Waals surface area contributed by atoms with Crippen molar-refractivity contribution in [3.8, 4) is 0 Å². The molecule has 0 aliphatic carbocycles. The second kappa shape index (κ2) is 39.3. The van der Waals surface area contributed by atoms with E-state index in [0.29, 0.717) is 0 Å². The third-order valence-corrected chi connectivity index (χ3v) is 15.3. The molecule has 0 aromatic heterocycles. The SMILES string of the molecule is CCCC[N+](CC)(CCC)CCSC(=O)N(C)C.CCC[N+](CC)(CCC)CCSC(=O)N(C)C.CC[N+](CC)(CC)CCSC(=O)N(C)C.CN(C)C(=O)SCC[N+](C)(C)C. The maximum Gasteiger partial charge on any atom is 0.281 e. The molecule has 1 atom stereocenters. The zero-order valence-electron chi connectivity index (χ0n) is 44.4. The van der Waals surface area contributed by atoms with Crippen LogP contribution in [-0.4, -0.2) is 244 Å². The Labute approximate surface area is 402 Å². The Kier molecular flexibility index (Phi) is 42.9. The first-order valence-electron chi connectivity index (χ1n) is 23.6. The van der Waals surface area contributed by atoms with Crippen LogP contribution in [0.1, 0.15) is 94.4 Å². The summed E-state index contributed by atoms with van der Waals surface area (Å²) >= 11 is 5.72. The van der Waals surface area contributed by atoms with Crippen LogP contribution < -0.4 is 0 Å². The molecule has 16 heteroatoms. The summed E-state index contributed by atoms with van der Waals surface area (Å²) in [4.78, 5) is 52.1. The molecule has 0 saturated carbocycles. The summed E-state index contributed by atoms with van der Waals surface area (Å²) in [6.07, 6.45) is 6.22. The van der Waals surface area contributed by atoms with E-state index in [9.17, 15) is 19.2 Å². The summed E-state index contributed by atoms with van der Waals surface area (Å²) in [5.41, 5.74) is 0. The zero-order valence-corrected chi connectivity index (χ0v) is 47.7. The molecule has 0 fully saturated rings. The Hall–Kier alpha value is -0.880. The molecule has 0 aromatic rings. The van der Waals surface area contributed by atoms with Crippen LogP contribution in [0.4, 0.5) is 19.2 Å². The van der Waals surface area contributed by atoms with Crippen molar-refractivity contribution in [1.29, 1.82) is 0 Å². The van der Waals surface area contributed by atoms with Crippen LogP contribution in [0.2, 0.25) is 0 Å². The van der Waals surface area contributed by atoms with Crippen LogP contribution in [0.5, 0.6) is 0 Å². The number of thioether (sulfide) groups is 4. The molecular weight excluding hydrogens is 857 g/mol. The molecular formula is C46H104N8O4S4+4. The van der Waals surface area contributed by atoms with Crippen molar-refractivity contribution in [2.24, 2.45) is 0 Å². The van der Waals surface area contributed by atoms with Gasteiger partial charge in [-0.15, -0.1) is 0 Å². The third-order valence-electron chi connectivity index (χ3n) is 11.3. The second-order valence-electron chi connectivity index (χ2n) is 18.1. The zero-order chi connectivity index (χ0) is 49.0. The van der Waals surface area contributed by atoms with Crippen LogP contribution in [0, 0.1) is 0 Å². The van der Waals surface area contributed by atoms with Gasteiger partial charge in [0.25, 0.3) is 21.0 Å². The van der Waals surface area contributed by atoms with Crippen LogP contribution in [0.3, 0.4) is 0 Å². The van der Waals surface area contributed by atoms with E-state index in [4.69, 9.17) is 0 Å². The monoisotopic (exact) mass is 961 g/mol. The highest BCUT2D eigenvalue weighted by Gasteiger charge is 2.25. The molecule has 0 spiro atoms. The van der Waals surface area contributed by atoms with Crippen LogP contribution in [0.15, 0.2) is 0 Å². The number of amides is 4. The first kappa shape index (κ1) is 67.7. The fraction of sp³-hybridized carbons (Fsp3) is 0.913. The van der Waals surface area contributed by atoms with E-state index in [-0.39, 0.29) is 21.0 Å². The van der Waals surface area contributed by atoms with Gasteiger partial charge in [0, 0.05) is 56.4 Å². The van der Waals surface area contributed by atoms with Gasteiger partial charge < -0.3 is 37.5 Å². The van der Waals surface area contributed by atoms with Gasteiger partial charge in [0.2, 0.25) is 0 Å². The molecule has 0 aromatic carbocycles. The van der Waals surface area contributed by atoms with Crippen molar-refractivity contribution < 1.29 is 37.1 Å². The van der Waals surface area contributed by atoms with E-state index in [0.717, 1.165) is 77.8 Å². The average Bonchev–Trinajstić information content (AvgIpc) is 3.21. The smallest absolute Gasteiger partial charge is 0.281 e. The molecule has 0 rings (SSSR count). The fourth-order valence-corrected chi connectivity index (χ4v) is 10.4. The Morgan fingerprint density at radius 1 is 0.339 bits per heavy atom. The van der Waals surface area contributed by atoms with Gasteiger partial charge in [-0.3, -0.25) is 19.2 Å². The van der Waals surface area contributed by atoms with E-state index >= 15 is 0 Å². The second-order valence-corrected chi connectivity index (χ2v) is 22.3. The van der Waals surface area contributed by atoms with Crippen LogP contribution in [0.25, 0.3) is 0 Å². The van der Waals surface area contributed by atoms with E-state index in [1.807, 2.05) is 28.2 Å². The van der Waals surface area contributed by atoms with E-state index in [1.54, 1.807) is 47.8 Å².